The lowest BCUT2D eigenvalue weighted by atomic mass is 10.0. The fourth-order valence-electron chi connectivity index (χ4n) is 3.78. The zero-order chi connectivity index (χ0) is 20.0. The summed E-state index contributed by atoms with van der Waals surface area (Å²) in [6.45, 7) is 4.95. The molecule has 0 aliphatic carbocycles. The molecule has 0 bridgehead atoms. The molecule has 3 aliphatic rings. The van der Waals surface area contributed by atoms with E-state index in [1.165, 1.54) is 0 Å². The minimum absolute atomic E-state index is 0.0652. The van der Waals surface area contributed by atoms with E-state index in [0.29, 0.717) is 12.1 Å². The van der Waals surface area contributed by atoms with Gasteiger partial charge in [0.05, 0.1) is 24.3 Å². The van der Waals surface area contributed by atoms with Crippen LogP contribution in [0.15, 0.2) is 57.2 Å². The van der Waals surface area contributed by atoms with Crippen molar-refractivity contribution in [3.05, 3.63) is 54.7 Å². The van der Waals surface area contributed by atoms with E-state index in [9.17, 15) is 9.59 Å². The number of esters is 1. The molecule has 0 spiro atoms. The van der Waals surface area contributed by atoms with Crippen LogP contribution in [-0.2, 0) is 20.7 Å². The Morgan fingerprint density at radius 2 is 2.00 bits per heavy atom. The lowest BCUT2D eigenvalue weighted by Gasteiger charge is -2.16. The molecule has 5 rings (SSSR count). The normalized spacial score (nSPS) is 22.0. The van der Waals surface area contributed by atoms with Gasteiger partial charge in [-0.15, -0.1) is 10.2 Å². The summed E-state index contributed by atoms with van der Waals surface area (Å²) < 4.78 is 10.1. The monoisotopic (exact) mass is 390 g/mol. The Labute approximate surface area is 165 Å². The first-order valence-corrected chi connectivity index (χ1v) is 8.91. The van der Waals surface area contributed by atoms with Crippen molar-refractivity contribution in [3.63, 3.8) is 0 Å². The predicted molar refractivity (Wildman–Crippen MR) is 97.6 cm³/mol. The number of carbonyl (C=O) groups is 2. The lowest BCUT2D eigenvalue weighted by molar-refractivity contribution is -0.140. The molecule has 2 aromatic rings. The first-order chi connectivity index (χ1) is 14.1. The van der Waals surface area contributed by atoms with E-state index < -0.39 is 24.3 Å². The SMILES string of the molecule is [CH]C(=O)OC[C@@H]1OC(=O)N2c3ccc(-c4ccc(C5N=NN=N5)nc4)cc3C[C@@H]12. The van der Waals surface area contributed by atoms with Crippen molar-refractivity contribution >= 4 is 17.7 Å². The van der Waals surface area contributed by atoms with E-state index >= 15 is 0 Å². The molecule has 1 aromatic carbocycles. The number of amides is 1. The summed E-state index contributed by atoms with van der Waals surface area (Å²) >= 11 is 0. The summed E-state index contributed by atoms with van der Waals surface area (Å²) in [7, 11) is 0. The third-order valence-electron chi connectivity index (χ3n) is 5.11. The first-order valence-electron chi connectivity index (χ1n) is 8.91. The standard InChI is InChI=1S/C19H14N6O4/c1-10(26)28-9-17-16-7-13-6-11(3-5-15(13)25(16)19(27)29-17)12-2-4-14(20-8-12)18-21-23-24-22-18/h1-6,8,16-18H,7,9H2/t16-,17-/m0/s1. The lowest BCUT2D eigenvalue weighted by Crippen LogP contribution is -2.35. The maximum absolute atomic E-state index is 12.3. The second-order valence-corrected chi connectivity index (χ2v) is 6.79. The molecule has 2 atom stereocenters. The van der Waals surface area contributed by atoms with Gasteiger partial charge in [-0.3, -0.25) is 14.7 Å². The topological polar surface area (TPSA) is 118 Å². The van der Waals surface area contributed by atoms with Crippen molar-refractivity contribution < 1.29 is 19.1 Å². The molecule has 4 heterocycles. The molecule has 1 saturated heterocycles. The van der Waals surface area contributed by atoms with Crippen LogP contribution in [-0.4, -0.2) is 35.8 Å². The molecule has 0 unspecified atom stereocenters. The van der Waals surface area contributed by atoms with Crippen LogP contribution in [0.4, 0.5) is 10.5 Å². The number of ether oxygens (including phenoxy) is 2. The molecule has 144 valence electrons. The number of hydrogen-bond acceptors (Lipinski definition) is 9. The Kier molecular flexibility index (Phi) is 4.04. The van der Waals surface area contributed by atoms with Gasteiger partial charge in [0.25, 0.3) is 0 Å². The number of hydrogen-bond donors (Lipinski definition) is 0. The molecule has 1 fully saturated rings. The molecule has 1 amide bonds. The van der Waals surface area contributed by atoms with Crippen LogP contribution in [0.3, 0.4) is 0 Å². The Balaban J connectivity index is 1.38. The van der Waals surface area contributed by atoms with Gasteiger partial charge in [0.2, 0.25) is 6.17 Å². The molecule has 0 saturated carbocycles. The molecule has 2 radical (unpaired) electrons. The van der Waals surface area contributed by atoms with Gasteiger partial charge in [0.1, 0.15) is 6.61 Å². The zero-order valence-electron chi connectivity index (χ0n) is 15.0. The van der Waals surface area contributed by atoms with Crippen LogP contribution in [0.1, 0.15) is 17.4 Å². The summed E-state index contributed by atoms with van der Waals surface area (Å²) in [6.07, 6.45) is 0.846. The highest BCUT2D eigenvalue weighted by atomic mass is 16.6. The van der Waals surface area contributed by atoms with Crippen molar-refractivity contribution in [1.82, 2.24) is 4.98 Å². The van der Waals surface area contributed by atoms with Crippen molar-refractivity contribution in [2.45, 2.75) is 24.7 Å². The quantitative estimate of drug-likeness (QED) is 0.743. The number of carbonyl (C=O) groups excluding carboxylic acids is 2. The first kappa shape index (κ1) is 17.4. The van der Waals surface area contributed by atoms with Gasteiger partial charge in [0.15, 0.2) is 6.10 Å². The van der Waals surface area contributed by atoms with E-state index in [-0.39, 0.29) is 12.6 Å². The van der Waals surface area contributed by atoms with Gasteiger partial charge in [-0.2, -0.15) is 0 Å². The Morgan fingerprint density at radius 1 is 1.21 bits per heavy atom. The fraction of sp³-hybridized carbons (Fsp3) is 0.263. The molecular weight excluding hydrogens is 376 g/mol. The highest BCUT2D eigenvalue weighted by molar-refractivity contribution is 5.94. The number of benzene rings is 1. The number of aromatic nitrogens is 1. The largest absolute Gasteiger partial charge is 0.461 e. The van der Waals surface area contributed by atoms with Gasteiger partial charge in [-0.25, -0.2) is 4.79 Å². The summed E-state index contributed by atoms with van der Waals surface area (Å²) in [4.78, 5) is 29.2. The maximum Gasteiger partial charge on any atom is 0.415 e. The van der Waals surface area contributed by atoms with Crippen LogP contribution < -0.4 is 4.90 Å². The minimum atomic E-state index is -0.895. The Morgan fingerprint density at radius 3 is 2.72 bits per heavy atom. The molecule has 29 heavy (non-hydrogen) atoms. The highest BCUT2D eigenvalue weighted by Crippen LogP contribution is 2.40. The zero-order valence-corrected chi connectivity index (χ0v) is 15.0. The summed E-state index contributed by atoms with van der Waals surface area (Å²) in [5.41, 5.74) is 4.36. The molecule has 10 heteroatoms. The van der Waals surface area contributed by atoms with Gasteiger partial charge in [0, 0.05) is 11.8 Å². The second-order valence-electron chi connectivity index (χ2n) is 6.79. The van der Waals surface area contributed by atoms with E-state index in [4.69, 9.17) is 16.4 Å². The third kappa shape index (κ3) is 3.02. The van der Waals surface area contributed by atoms with Crippen LogP contribution in [0.25, 0.3) is 11.1 Å². The van der Waals surface area contributed by atoms with Gasteiger partial charge in [-0.1, -0.05) is 12.1 Å². The number of nitrogens with zero attached hydrogens (tertiary/aromatic N) is 6. The van der Waals surface area contributed by atoms with Crippen LogP contribution in [0.2, 0.25) is 0 Å². The molecule has 1 aromatic heterocycles. The Hall–Kier alpha value is -3.69. The van der Waals surface area contributed by atoms with Crippen LogP contribution in [0, 0.1) is 6.92 Å². The molecular formula is C19H14N6O4. The van der Waals surface area contributed by atoms with E-state index in [1.807, 2.05) is 30.3 Å². The number of pyridine rings is 1. The molecule has 3 aliphatic heterocycles. The summed E-state index contributed by atoms with van der Waals surface area (Å²) in [6, 6.07) is 9.37. The van der Waals surface area contributed by atoms with E-state index in [0.717, 1.165) is 22.4 Å². The van der Waals surface area contributed by atoms with E-state index in [1.54, 1.807) is 11.1 Å². The van der Waals surface area contributed by atoms with Crippen LogP contribution >= 0.6 is 0 Å². The average molecular weight is 390 g/mol. The fourth-order valence-corrected chi connectivity index (χ4v) is 3.78. The van der Waals surface area contributed by atoms with Crippen molar-refractivity contribution in [1.29, 1.82) is 0 Å². The number of anilines is 1. The third-order valence-corrected chi connectivity index (χ3v) is 5.11. The van der Waals surface area contributed by atoms with Gasteiger partial charge >= 0.3 is 12.1 Å². The average Bonchev–Trinajstić information content (AvgIpc) is 3.44. The molecule has 0 N–H and O–H groups in total. The predicted octanol–water partition coefficient (Wildman–Crippen LogP) is 3.08. The molecule has 10 nitrogen and oxygen atoms in total. The smallest absolute Gasteiger partial charge is 0.415 e. The number of fused-ring (bicyclic) bond motifs is 3. The van der Waals surface area contributed by atoms with Crippen molar-refractivity contribution in [2.75, 3.05) is 11.5 Å². The van der Waals surface area contributed by atoms with Crippen molar-refractivity contribution in [2.24, 2.45) is 20.7 Å². The van der Waals surface area contributed by atoms with Gasteiger partial charge in [-0.05, 0) is 46.2 Å². The Bertz CT molecular complexity index is 1040. The van der Waals surface area contributed by atoms with Crippen molar-refractivity contribution in [3.8, 4) is 11.1 Å². The number of cyclic esters (lactones) is 1. The minimum Gasteiger partial charge on any atom is -0.461 e. The maximum atomic E-state index is 12.3. The second kappa shape index (κ2) is 6.73. The van der Waals surface area contributed by atoms with Gasteiger partial charge < -0.3 is 9.47 Å². The summed E-state index contributed by atoms with van der Waals surface area (Å²) in [5.74, 6) is -0.895. The van der Waals surface area contributed by atoms with Crippen LogP contribution in [0.5, 0.6) is 0 Å². The van der Waals surface area contributed by atoms with E-state index in [2.05, 4.69) is 25.7 Å². The highest BCUT2D eigenvalue weighted by Gasteiger charge is 2.47. The summed E-state index contributed by atoms with van der Waals surface area (Å²) in [5, 5.41) is 14.7. The number of rotatable bonds is 4.